The Labute approximate surface area is 318 Å². The number of rotatable bonds is 17. The predicted octanol–water partition coefficient (Wildman–Crippen LogP) is 6.05. The molecule has 0 unspecified atom stereocenters. The zero-order valence-corrected chi connectivity index (χ0v) is 32.1. The van der Waals surface area contributed by atoms with Crippen molar-refractivity contribution in [2.75, 3.05) is 7.11 Å². The second-order valence-corrected chi connectivity index (χ2v) is 14.1. The zero-order chi connectivity index (χ0) is 40.8. The van der Waals surface area contributed by atoms with Crippen LogP contribution in [0.5, 0.6) is 0 Å². The highest BCUT2D eigenvalue weighted by molar-refractivity contribution is 6.30. The molecule has 0 saturated heterocycles. The van der Waals surface area contributed by atoms with Crippen LogP contribution in [0, 0.1) is 5.92 Å². The normalized spacial score (nSPS) is 13.7. The van der Waals surface area contributed by atoms with E-state index in [1.54, 1.807) is 82.3 Å². The van der Waals surface area contributed by atoms with Crippen LogP contribution in [-0.4, -0.2) is 66.6 Å². The number of benzene rings is 2. The average Bonchev–Trinajstić information content (AvgIpc) is 3.07. The minimum absolute atomic E-state index is 0.0618. The molecule has 0 fully saturated rings. The molecule has 0 aliphatic rings. The number of alkyl halides is 3. The predicted molar refractivity (Wildman–Crippen MR) is 199 cm³/mol. The van der Waals surface area contributed by atoms with Crippen LogP contribution < -0.4 is 21.3 Å². The van der Waals surface area contributed by atoms with E-state index in [-0.39, 0.29) is 25.0 Å². The molecule has 3 atom stereocenters. The molecule has 0 spiro atoms. The van der Waals surface area contributed by atoms with Crippen molar-refractivity contribution >= 4 is 41.2 Å². The van der Waals surface area contributed by atoms with Gasteiger partial charge in [0, 0.05) is 18.0 Å². The fourth-order valence-electron chi connectivity index (χ4n) is 4.89. The second-order valence-electron chi connectivity index (χ2n) is 13.6. The average molecular weight is 777 g/mol. The van der Waals surface area contributed by atoms with Crippen molar-refractivity contribution in [2.45, 2.75) is 90.8 Å². The standard InChI is InChI=1S/C39H48ClF3N4O7/c1-9-29(53-8)18-13-24(4)33(36(51)46-32(23(2)3)34(49)39(41,42)43)47-35(50)30(20-27-11-10-12-28(40)19-27)45-31(48)21-25-14-16-26(17-15-25)22-44-37(52)54-38(5,6)7/h9-19,23,30,32-33H,4,20-22H2,1-3,5-8H3,(H,44,52)(H,45,48)(H,46,51)(H,47,50)/b18-13-,29-9+/t30-,32-,33-/m0/s1. The van der Waals surface area contributed by atoms with E-state index in [0.29, 0.717) is 21.9 Å². The summed E-state index contributed by atoms with van der Waals surface area (Å²) in [5, 5.41) is 10.3. The van der Waals surface area contributed by atoms with E-state index in [9.17, 15) is 37.1 Å². The molecule has 11 nitrogen and oxygen atoms in total. The molecule has 0 radical (unpaired) electrons. The highest BCUT2D eigenvalue weighted by Crippen LogP contribution is 2.22. The van der Waals surface area contributed by atoms with Crippen molar-refractivity contribution in [1.82, 2.24) is 21.3 Å². The summed E-state index contributed by atoms with van der Waals surface area (Å²) in [6.07, 6.45) is -1.70. The van der Waals surface area contributed by atoms with E-state index < -0.39 is 65.4 Å². The maximum atomic E-state index is 13.9. The third-order valence-electron chi connectivity index (χ3n) is 7.63. The molecule has 2 aromatic rings. The Bertz CT molecular complexity index is 1720. The van der Waals surface area contributed by atoms with Crippen LogP contribution in [0.3, 0.4) is 0 Å². The molecule has 15 heteroatoms. The lowest BCUT2D eigenvalue weighted by atomic mass is 9.97. The quantitative estimate of drug-likeness (QED) is 0.113. The molecule has 54 heavy (non-hydrogen) atoms. The van der Waals surface area contributed by atoms with Gasteiger partial charge in [-0.2, -0.15) is 13.2 Å². The third-order valence-corrected chi connectivity index (χ3v) is 7.87. The van der Waals surface area contributed by atoms with Gasteiger partial charge in [-0.3, -0.25) is 19.2 Å². The van der Waals surface area contributed by atoms with Crippen LogP contribution in [0.25, 0.3) is 0 Å². The maximum Gasteiger partial charge on any atom is 0.452 e. The zero-order valence-electron chi connectivity index (χ0n) is 31.4. The van der Waals surface area contributed by atoms with Crippen LogP contribution in [0.15, 0.2) is 84.7 Å². The SMILES string of the molecule is C=C(/C=C\C(=C/C)OC)[C@H](NC(=O)[C@H](Cc1cccc(Cl)c1)NC(=O)Cc1ccc(CNC(=O)OC(C)(C)C)cc1)C(=O)N[C@H](C(=O)C(F)(F)F)C(C)C. The lowest BCUT2D eigenvalue weighted by Crippen LogP contribution is -2.58. The highest BCUT2D eigenvalue weighted by Gasteiger charge is 2.45. The van der Waals surface area contributed by atoms with Gasteiger partial charge in [-0.05, 0) is 80.2 Å². The minimum Gasteiger partial charge on any atom is -0.497 e. The summed E-state index contributed by atoms with van der Waals surface area (Å²) in [5.74, 6) is -5.34. The lowest BCUT2D eigenvalue weighted by Gasteiger charge is -2.27. The molecule has 4 amide bonds. The molecule has 0 aromatic heterocycles. The number of carbonyl (C=O) groups is 5. The maximum absolute atomic E-state index is 13.9. The van der Waals surface area contributed by atoms with Gasteiger partial charge < -0.3 is 30.7 Å². The summed E-state index contributed by atoms with van der Waals surface area (Å²) in [4.78, 5) is 65.1. The van der Waals surface area contributed by atoms with Gasteiger partial charge in [0.1, 0.15) is 23.4 Å². The number of hydrogen-bond acceptors (Lipinski definition) is 7. The summed E-state index contributed by atoms with van der Waals surface area (Å²) in [5.41, 5.74) is 1.16. The molecule has 0 heterocycles. The van der Waals surface area contributed by atoms with Crippen molar-refractivity contribution in [1.29, 1.82) is 0 Å². The molecule has 2 aromatic carbocycles. The number of amides is 4. The number of alkyl carbamates (subject to hydrolysis) is 1. The molecular formula is C39H48ClF3N4O7. The summed E-state index contributed by atoms with van der Waals surface area (Å²) in [6.45, 7) is 13.6. The van der Waals surface area contributed by atoms with Crippen molar-refractivity contribution in [2.24, 2.45) is 5.92 Å². The first-order chi connectivity index (χ1) is 25.1. The van der Waals surface area contributed by atoms with E-state index in [1.165, 1.54) is 33.1 Å². The Balaban J connectivity index is 2.36. The van der Waals surface area contributed by atoms with Gasteiger partial charge in [0.25, 0.3) is 5.78 Å². The third kappa shape index (κ3) is 15.5. The van der Waals surface area contributed by atoms with Gasteiger partial charge in [-0.1, -0.05) is 74.5 Å². The first-order valence-electron chi connectivity index (χ1n) is 17.0. The number of methoxy groups -OCH3 is 1. The first kappa shape index (κ1) is 45.0. The number of allylic oxidation sites excluding steroid dienone is 2. The van der Waals surface area contributed by atoms with Crippen molar-refractivity contribution in [3.05, 3.63) is 106 Å². The summed E-state index contributed by atoms with van der Waals surface area (Å²) in [7, 11) is 1.39. The molecule has 4 N–H and O–H groups in total. The molecular weight excluding hydrogens is 729 g/mol. The van der Waals surface area contributed by atoms with Crippen molar-refractivity contribution in [3.63, 3.8) is 0 Å². The summed E-state index contributed by atoms with van der Waals surface area (Å²) >= 11 is 6.17. The Hall–Kier alpha value is -5.11. The van der Waals surface area contributed by atoms with Gasteiger partial charge >= 0.3 is 12.3 Å². The second kappa shape index (κ2) is 20.4. The van der Waals surface area contributed by atoms with Crippen LogP contribution in [-0.2, 0) is 48.0 Å². The van der Waals surface area contributed by atoms with Crippen LogP contribution >= 0.6 is 11.6 Å². The van der Waals surface area contributed by atoms with E-state index in [4.69, 9.17) is 21.1 Å². The first-order valence-corrected chi connectivity index (χ1v) is 17.4. The number of nitrogens with one attached hydrogen (secondary N) is 4. The van der Waals surface area contributed by atoms with Crippen LogP contribution in [0.2, 0.25) is 5.02 Å². The number of halogens is 4. The number of ether oxygens (including phenoxy) is 2. The topological polar surface area (TPSA) is 152 Å². The van der Waals surface area contributed by atoms with E-state index in [2.05, 4.69) is 27.8 Å². The fraction of sp³-hybridized carbons (Fsp3) is 0.410. The number of hydrogen-bond donors (Lipinski definition) is 4. The van der Waals surface area contributed by atoms with Gasteiger partial charge in [0.2, 0.25) is 17.7 Å². The van der Waals surface area contributed by atoms with E-state index in [1.807, 2.05) is 0 Å². The Kier molecular flexibility index (Phi) is 17.0. The highest BCUT2D eigenvalue weighted by atomic mass is 35.5. The lowest BCUT2D eigenvalue weighted by molar-refractivity contribution is -0.175. The van der Waals surface area contributed by atoms with E-state index >= 15 is 0 Å². The van der Waals surface area contributed by atoms with Crippen LogP contribution in [0.1, 0.15) is 58.2 Å². The molecule has 0 bridgehead atoms. The molecule has 0 aliphatic heterocycles. The summed E-state index contributed by atoms with van der Waals surface area (Å²) < 4.78 is 50.7. The summed E-state index contributed by atoms with van der Waals surface area (Å²) in [6, 6.07) is 8.39. The van der Waals surface area contributed by atoms with Gasteiger partial charge in [-0.25, -0.2) is 4.79 Å². The van der Waals surface area contributed by atoms with Crippen molar-refractivity contribution < 1.29 is 46.6 Å². The van der Waals surface area contributed by atoms with Crippen molar-refractivity contribution in [3.8, 4) is 0 Å². The Morgan fingerprint density at radius 3 is 2.06 bits per heavy atom. The molecule has 0 aliphatic carbocycles. The van der Waals surface area contributed by atoms with Gasteiger partial charge in [-0.15, -0.1) is 0 Å². The number of carbonyl (C=O) groups excluding carboxylic acids is 5. The number of Topliss-reactive ketones (excluding diaryl/α,β-unsaturated/α-hetero) is 1. The molecule has 2 rings (SSSR count). The minimum atomic E-state index is -5.24. The smallest absolute Gasteiger partial charge is 0.452 e. The largest absolute Gasteiger partial charge is 0.497 e. The Morgan fingerprint density at radius 2 is 1.52 bits per heavy atom. The van der Waals surface area contributed by atoms with Gasteiger partial charge in [0.05, 0.1) is 19.6 Å². The van der Waals surface area contributed by atoms with Gasteiger partial charge in [0.15, 0.2) is 0 Å². The molecule has 0 saturated carbocycles. The van der Waals surface area contributed by atoms with Crippen LogP contribution in [0.4, 0.5) is 18.0 Å². The monoisotopic (exact) mass is 776 g/mol. The van der Waals surface area contributed by atoms with E-state index in [0.717, 1.165) is 5.56 Å². The Morgan fingerprint density at radius 1 is 0.889 bits per heavy atom. The molecule has 294 valence electrons. The fourth-order valence-corrected chi connectivity index (χ4v) is 5.10. The number of ketones is 1.